The molecule has 0 aromatic heterocycles. The van der Waals surface area contributed by atoms with Gasteiger partial charge in [0, 0.05) is 6.42 Å². The number of ketones is 1. The average molecular weight is 328 g/mol. The first-order chi connectivity index (χ1) is 11.4. The predicted molar refractivity (Wildman–Crippen MR) is 96.4 cm³/mol. The molecule has 1 unspecified atom stereocenters. The van der Waals surface area contributed by atoms with Gasteiger partial charge in [-0.15, -0.1) is 6.58 Å². The molecule has 3 fully saturated rings. The second-order valence-corrected chi connectivity index (χ2v) is 9.40. The van der Waals surface area contributed by atoms with Crippen LogP contribution in [-0.4, -0.2) is 17.0 Å². The molecule has 4 aliphatic carbocycles. The van der Waals surface area contributed by atoms with E-state index in [9.17, 15) is 9.90 Å². The minimum Gasteiger partial charge on any atom is -0.393 e. The van der Waals surface area contributed by atoms with Crippen LogP contribution in [0.3, 0.4) is 0 Å². The molecule has 1 N–H and O–H groups in total. The molecule has 0 aliphatic heterocycles. The Hall–Kier alpha value is -0.890. The van der Waals surface area contributed by atoms with Crippen LogP contribution in [0.2, 0.25) is 0 Å². The van der Waals surface area contributed by atoms with Gasteiger partial charge in [0.15, 0.2) is 5.78 Å². The highest BCUT2D eigenvalue weighted by Crippen LogP contribution is 2.66. The van der Waals surface area contributed by atoms with Crippen LogP contribution < -0.4 is 0 Å². The molecular formula is C22H32O2. The molecule has 2 heteroatoms. The van der Waals surface area contributed by atoms with Crippen LogP contribution in [0.15, 0.2) is 24.3 Å². The number of allylic oxidation sites excluding steroid dienone is 2. The standard InChI is InChI=1S/C22H32O2/c1-4-5-14-12-16(23)13-15-6-7-17-18-8-9-20(24)21(18,2)11-10-19(17)22(14,15)3/h4,13-14,17-20,24H,1,5-12H2,2-3H3/t14?,17-,18-,19-,20-,21-,22-/m0/s1. The lowest BCUT2D eigenvalue weighted by atomic mass is 9.45. The zero-order valence-electron chi connectivity index (χ0n) is 15.3. The predicted octanol–water partition coefficient (Wildman–Crippen LogP) is 4.68. The summed E-state index contributed by atoms with van der Waals surface area (Å²) in [4.78, 5) is 12.2. The first kappa shape index (κ1) is 16.6. The fraction of sp³-hybridized carbons (Fsp3) is 0.773. The molecule has 0 aromatic rings. The van der Waals surface area contributed by atoms with Gasteiger partial charge in [0.1, 0.15) is 0 Å². The molecule has 0 bridgehead atoms. The third kappa shape index (κ3) is 2.08. The lowest BCUT2D eigenvalue weighted by Gasteiger charge is -2.60. The van der Waals surface area contributed by atoms with Gasteiger partial charge in [-0.1, -0.05) is 25.5 Å². The van der Waals surface area contributed by atoms with E-state index in [2.05, 4.69) is 20.4 Å². The normalized spacial score (nSPS) is 50.5. The number of hydrogen-bond acceptors (Lipinski definition) is 2. The van der Waals surface area contributed by atoms with E-state index in [1.54, 1.807) is 0 Å². The van der Waals surface area contributed by atoms with Crippen LogP contribution in [0.4, 0.5) is 0 Å². The Bertz CT molecular complexity index is 591. The van der Waals surface area contributed by atoms with E-state index in [1.807, 2.05) is 12.2 Å². The van der Waals surface area contributed by atoms with Crippen molar-refractivity contribution >= 4 is 5.78 Å². The SMILES string of the molecule is C=CCC1CC(=O)C=C2CC[C@H]3[C@@H]4CC[C@H](O)[C@@]4(C)CC[C@@H]3[C@]21C. The first-order valence-electron chi connectivity index (χ1n) is 9.94. The number of hydrogen-bond donors (Lipinski definition) is 1. The summed E-state index contributed by atoms with van der Waals surface area (Å²) in [6, 6.07) is 0. The van der Waals surface area contributed by atoms with Crippen molar-refractivity contribution in [2.45, 2.75) is 71.3 Å². The Morgan fingerprint density at radius 2 is 2.04 bits per heavy atom. The van der Waals surface area contributed by atoms with Crippen LogP contribution in [-0.2, 0) is 4.79 Å². The number of carbonyl (C=O) groups is 1. The van der Waals surface area contributed by atoms with E-state index in [4.69, 9.17) is 0 Å². The Kier molecular flexibility index (Phi) is 3.84. The molecule has 132 valence electrons. The Balaban J connectivity index is 1.72. The molecule has 0 spiro atoms. The summed E-state index contributed by atoms with van der Waals surface area (Å²) in [7, 11) is 0. The van der Waals surface area contributed by atoms with Gasteiger partial charge < -0.3 is 5.11 Å². The summed E-state index contributed by atoms with van der Waals surface area (Å²) < 4.78 is 0. The fourth-order valence-corrected chi connectivity index (χ4v) is 7.27. The zero-order valence-corrected chi connectivity index (χ0v) is 15.3. The van der Waals surface area contributed by atoms with Gasteiger partial charge in [0.25, 0.3) is 0 Å². The van der Waals surface area contributed by atoms with E-state index < -0.39 is 0 Å². The summed E-state index contributed by atoms with van der Waals surface area (Å²) in [5, 5.41) is 10.6. The van der Waals surface area contributed by atoms with Crippen LogP contribution in [0.5, 0.6) is 0 Å². The highest BCUT2D eigenvalue weighted by Gasteiger charge is 2.60. The lowest BCUT2D eigenvalue weighted by Crippen LogP contribution is -2.53. The second kappa shape index (κ2) is 5.56. The highest BCUT2D eigenvalue weighted by atomic mass is 16.3. The summed E-state index contributed by atoms with van der Waals surface area (Å²) in [5.41, 5.74) is 1.73. The zero-order chi connectivity index (χ0) is 17.1. The molecule has 0 radical (unpaired) electrons. The van der Waals surface area contributed by atoms with E-state index >= 15 is 0 Å². The van der Waals surface area contributed by atoms with E-state index in [1.165, 1.54) is 24.8 Å². The van der Waals surface area contributed by atoms with Gasteiger partial charge in [-0.05, 0) is 85.5 Å². The minimum absolute atomic E-state index is 0.106. The quantitative estimate of drug-likeness (QED) is 0.747. The molecule has 2 nitrogen and oxygen atoms in total. The second-order valence-electron chi connectivity index (χ2n) is 9.40. The topological polar surface area (TPSA) is 37.3 Å². The van der Waals surface area contributed by atoms with Crippen LogP contribution in [0.25, 0.3) is 0 Å². The van der Waals surface area contributed by atoms with Crippen molar-refractivity contribution in [2.75, 3.05) is 0 Å². The smallest absolute Gasteiger partial charge is 0.155 e. The molecule has 4 aliphatic rings. The molecule has 4 rings (SSSR count). The molecule has 7 atom stereocenters. The van der Waals surface area contributed by atoms with Gasteiger partial charge >= 0.3 is 0 Å². The number of aliphatic hydroxyl groups excluding tert-OH is 1. The van der Waals surface area contributed by atoms with Gasteiger partial charge in [-0.25, -0.2) is 0 Å². The molecule has 3 saturated carbocycles. The van der Waals surface area contributed by atoms with Crippen LogP contribution >= 0.6 is 0 Å². The summed E-state index contributed by atoms with van der Waals surface area (Å²) >= 11 is 0. The highest BCUT2D eigenvalue weighted by molar-refractivity contribution is 5.92. The van der Waals surface area contributed by atoms with Crippen molar-refractivity contribution in [2.24, 2.45) is 34.5 Å². The lowest BCUT2D eigenvalue weighted by molar-refractivity contribution is -0.121. The van der Waals surface area contributed by atoms with Crippen molar-refractivity contribution in [3.05, 3.63) is 24.3 Å². The third-order valence-corrected chi connectivity index (χ3v) is 8.68. The van der Waals surface area contributed by atoms with Gasteiger partial charge in [-0.2, -0.15) is 0 Å². The van der Waals surface area contributed by atoms with Crippen LogP contribution in [0.1, 0.15) is 65.2 Å². The van der Waals surface area contributed by atoms with Gasteiger partial charge in [-0.3, -0.25) is 4.79 Å². The Labute approximate surface area is 146 Å². The maximum absolute atomic E-state index is 12.2. The number of fused-ring (bicyclic) bond motifs is 5. The molecule has 0 amide bonds. The number of carbonyl (C=O) groups excluding carboxylic acids is 1. The van der Waals surface area contributed by atoms with E-state index in [0.717, 1.165) is 31.6 Å². The van der Waals surface area contributed by atoms with Gasteiger partial charge in [0.05, 0.1) is 6.10 Å². The number of aliphatic hydroxyl groups is 1. The minimum atomic E-state index is -0.106. The first-order valence-corrected chi connectivity index (χ1v) is 9.94. The Morgan fingerprint density at radius 3 is 2.79 bits per heavy atom. The average Bonchev–Trinajstić information content (AvgIpc) is 2.84. The van der Waals surface area contributed by atoms with Crippen molar-refractivity contribution < 1.29 is 9.90 Å². The molecule has 0 heterocycles. The van der Waals surface area contributed by atoms with Crippen molar-refractivity contribution in [1.29, 1.82) is 0 Å². The monoisotopic (exact) mass is 328 g/mol. The van der Waals surface area contributed by atoms with E-state index in [0.29, 0.717) is 30.0 Å². The molecular weight excluding hydrogens is 296 g/mol. The maximum Gasteiger partial charge on any atom is 0.155 e. The van der Waals surface area contributed by atoms with Crippen molar-refractivity contribution in [3.63, 3.8) is 0 Å². The van der Waals surface area contributed by atoms with Gasteiger partial charge in [0.2, 0.25) is 0 Å². The third-order valence-electron chi connectivity index (χ3n) is 8.68. The van der Waals surface area contributed by atoms with Crippen LogP contribution in [0, 0.1) is 34.5 Å². The van der Waals surface area contributed by atoms with Crippen molar-refractivity contribution in [1.82, 2.24) is 0 Å². The molecule has 0 saturated heterocycles. The maximum atomic E-state index is 12.2. The molecule has 24 heavy (non-hydrogen) atoms. The summed E-state index contributed by atoms with van der Waals surface area (Å²) in [6.07, 6.45) is 12.4. The largest absolute Gasteiger partial charge is 0.393 e. The summed E-state index contributed by atoms with van der Waals surface area (Å²) in [6.45, 7) is 8.75. The molecule has 0 aromatic carbocycles. The van der Waals surface area contributed by atoms with Crippen molar-refractivity contribution in [3.8, 4) is 0 Å². The Morgan fingerprint density at radius 1 is 1.25 bits per heavy atom. The summed E-state index contributed by atoms with van der Waals surface area (Å²) in [5.74, 6) is 2.82. The van der Waals surface area contributed by atoms with E-state index in [-0.39, 0.29) is 16.9 Å². The number of rotatable bonds is 2. The fourth-order valence-electron chi connectivity index (χ4n) is 7.27.